The van der Waals surface area contributed by atoms with Crippen molar-refractivity contribution in [2.45, 2.75) is 20.8 Å². The number of anilines is 1. The molecule has 0 aliphatic heterocycles. The van der Waals surface area contributed by atoms with Crippen LogP contribution in [0.5, 0.6) is 0 Å². The van der Waals surface area contributed by atoms with Crippen molar-refractivity contribution in [3.8, 4) is 0 Å². The van der Waals surface area contributed by atoms with E-state index in [0.717, 1.165) is 25.4 Å². The van der Waals surface area contributed by atoms with Crippen molar-refractivity contribution in [2.75, 3.05) is 17.8 Å². The molecule has 2 heterocycles. The molecule has 0 amide bonds. The first-order valence-electron chi connectivity index (χ1n) is 6.89. The summed E-state index contributed by atoms with van der Waals surface area (Å²) in [6.07, 6.45) is 0. The molecule has 9 heteroatoms. The van der Waals surface area contributed by atoms with Gasteiger partial charge in [-0.3, -0.25) is 0 Å². The van der Waals surface area contributed by atoms with Crippen LogP contribution in [0.1, 0.15) is 18.9 Å². The van der Waals surface area contributed by atoms with E-state index in [1.54, 1.807) is 11.3 Å². The number of fused-ring (bicyclic) bond motifs is 3. The molecular weight excluding hydrogens is 340 g/mol. The maximum atomic E-state index is 12.3. The molecular formula is C13H16N4O2S3. The Balaban J connectivity index is 2.04. The van der Waals surface area contributed by atoms with Crippen LogP contribution in [0.4, 0.5) is 5.13 Å². The van der Waals surface area contributed by atoms with Gasteiger partial charge in [0.15, 0.2) is 5.13 Å². The van der Waals surface area contributed by atoms with Crippen molar-refractivity contribution in [3.05, 3.63) is 17.1 Å². The Morgan fingerprint density at radius 2 is 1.68 bits per heavy atom. The molecule has 2 aromatic heterocycles. The number of rotatable bonds is 5. The van der Waals surface area contributed by atoms with Crippen molar-refractivity contribution in [1.29, 1.82) is 0 Å². The molecule has 6 nitrogen and oxygen atoms in total. The van der Waals surface area contributed by atoms with Crippen LogP contribution in [0.3, 0.4) is 0 Å². The molecule has 3 aromatic rings. The summed E-state index contributed by atoms with van der Waals surface area (Å²) in [5.41, 5.74) is 1.72. The average molecular weight is 356 g/mol. The summed E-state index contributed by atoms with van der Waals surface area (Å²) < 4.78 is 30.5. The lowest BCUT2D eigenvalue weighted by molar-refractivity contribution is 0.449. The van der Waals surface area contributed by atoms with Crippen LogP contribution in [0.25, 0.3) is 20.4 Å². The summed E-state index contributed by atoms with van der Waals surface area (Å²) in [6.45, 7) is 6.43. The second kappa shape index (κ2) is 5.73. The van der Waals surface area contributed by atoms with Gasteiger partial charge in [0.1, 0.15) is 0 Å². The second-order valence-corrected chi connectivity index (χ2v) is 8.58. The van der Waals surface area contributed by atoms with Crippen molar-refractivity contribution in [3.63, 3.8) is 0 Å². The molecule has 0 fully saturated rings. The number of benzene rings is 1. The predicted molar refractivity (Wildman–Crippen MR) is 93.0 cm³/mol. The smallest absolute Gasteiger partial charge is 0.246 e. The third-order valence-electron chi connectivity index (χ3n) is 3.28. The van der Waals surface area contributed by atoms with Gasteiger partial charge in [0.25, 0.3) is 0 Å². The fourth-order valence-electron chi connectivity index (χ4n) is 2.27. The summed E-state index contributed by atoms with van der Waals surface area (Å²) in [5.74, 6) is 0. The molecule has 0 aliphatic carbocycles. The molecule has 0 saturated carbocycles. The summed E-state index contributed by atoms with van der Waals surface area (Å²) in [4.78, 5) is 8.84. The lowest BCUT2D eigenvalue weighted by atomic mass is 10.3. The lowest BCUT2D eigenvalue weighted by Crippen LogP contribution is -2.35. The molecule has 0 spiro atoms. The molecule has 1 N–H and O–H groups in total. The Kier molecular flexibility index (Phi) is 4.06. The van der Waals surface area contributed by atoms with Gasteiger partial charge < -0.3 is 0 Å². The second-order valence-electron chi connectivity index (χ2n) is 4.71. The first-order chi connectivity index (χ1) is 10.4. The van der Waals surface area contributed by atoms with E-state index in [-0.39, 0.29) is 0 Å². The Bertz CT molecular complexity index is 925. The fourth-order valence-corrected chi connectivity index (χ4v) is 5.68. The number of nitrogens with one attached hydrogen (secondary N) is 1. The van der Waals surface area contributed by atoms with Crippen LogP contribution in [-0.2, 0) is 10.2 Å². The van der Waals surface area contributed by atoms with Crippen LogP contribution < -0.4 is 4.72 Å². The van der Waals surface area contributed by atoms with Gasteiger partial charge in [-0.15, -0.1) is 11.3 Å². The summed E-state index contributed by atoms with van der Waals surface area (Å²) in [7, 11) is -3.55. The average Bonchev–Trinajstić information content (AvgIpc) is 3.00. The number of thiazole rings is 2. The van der Waals surface area contributed by atoms with Gasteiger partial charge in [0.2, 0.25) is 0 Å². The van der Waals surface area contributed by atoms with Crippen LogP contribution in [-0.4, -0.2) is 35.8 Å². The van der Waals surface area contributed by atoms with Gasteiger partial charge in [-0.1, -0.05) is 25.2 Å². The van der Waals surface area contributed by atoms with Crippen LogP contribution >= 0.6 is 22.7 Å². The summed E-state index contributed by atoms with van der Waals surface area (Å²) in [5, 5.41) is 1.38. The van der Waals surface area contributed by atoms with Crippen LogP contribution in [0, 0.1) is 6.92 Å². The largest absolute Gasteiger partial charge is 0.303 e. The highest BCUT2D eigenvalue weighted by molar-refractivity contribution is 7.90. The van der Waals surface area contributed by atoms with Gasteiger partial charge in [-0.05, 0) is 19.1 Å². The number of nitrogens with zero attached hydrogens (tertiary/aromatic N) is 3. The Hall–Kier alpha value is -1.29. The van der Waals surface area contributed by atoms with Crippen molar-refractivity contribution in [2.24, 2.45) is 0 Å². The van der Waals surface area contributed by atoms with Crippen molar-refractivity contribution in [1.82, 2.24) is 14.3 Å². The van der Waals surface area contributed by atoms with Crippen LogP contribution in [0.15, 0.2) is 12.1 Å². The minimum absolute atomic E-state index is 0.389. The van der Waals surface area contributed by atoms with Crippen molar-refractivity contribution < 1.29 is 8.42 Å². The highest BCUT2D eigenvalue weighted by atomic mass is 32.2. The van der Waals surface area contributed by atoms with Gasteiger partial charge in [-0.25, -0.2) is 14.7 Å². The monoisotopic (exact) mass is 356 g/mol. The Labute approximate surface area is 137 Å². The van der Waals surface area contributed by atoms with Gasteiger partial charge in [-0.2, -0.15) is 12.7 Å². The van der Waals surface area contributed by atoms with E-state index < -0.39 is 10.2 Å². The van der Waals surface area contributed by atoms with E-state index in [0.29, 0.717) is 18.2 Å². The SMILES string of the molecule is CCN(CC)S(=O)(=O)Nc1nc2ccc3nc(C)sc3c2s1. The summed E-state index contributed by atoms with van der Waals surface area (Å²) >= 11 is 2.95. The molecule has 1 aromatic carbocycles. The third-order valence-corrected chi connectivity index (χ3v) is 7.19. The normalized spacial score (nSPS) is 12.5. The van der Waals surface area contributed by atoms with Gasteiger partial charge in [0, 0.05) is 13.1 Å². The van der Waals surface area contributed by atoms with E-state index in [1.807, 2.05) is 32.9 Å². The van der Waals surface area contributed by atoms with E-state index in [2.05, 4.69) is 14.7 Å². The van der Waals surface area contributed by atoms with Gasteiger partial charge in [0.05, 0.1) is 25.4 Å². The van der Waals surface area contributed by atoms with E-state index >= 15 is 0 Å². The molecule has 3 rings (SSSR count). The zero-order valence-electron chi connectivity index (χ0n) is 12.5. The highest BCUT2D eigenvalue weighted by Gasteiger charge is 2.20. The Morgan fingerprint density at radius 1 is 1.09 bits per heavy atom. The number of hydrogen-bond donors (Lipinski definition) is 1. The molecule has 0 radical (unpaired) electrons. The quantitative estimate of drug-likeness (QED) is 0.762. The van der Waals surface area contributed by atoms with E-state index in [1.165, 1.54) is 15.6 Å². The third kappa shape index (κ3) is 2.69. The molecule has 0 atom stereocenters. The first kappa shape index (κ1) is 15.6. The predicted octanol–water partition coefficient (Wildman–Crippen LogP) is 3.21. The maximum absolute atomic E-state index is 12.3. The first-order valence-corrected chi connectivity index (χ1v) is 9.96. The lowest BCUT2D eigenvalue weighted by Gasteiger charge is -2.17. The van der Waals surface area contributed by atoms with E-state index in [9.17, 15) is 8.42 Å². The molecule has 0 bridgehead atoms. The fraction of sp³-hybridized carbons (Fsp3) is 0.385. The minimum atomic E-state index is -3.55. The minimum Gasteiger partial charge on any atom is -0.246 e. The Morgan fingerprint density at radius 3 is 2.32 bits per heavy atom. The van der Waals surface area contributed by atoms with Crippen molar-refractivity contribution >= 4 is 58.4 Å². The number of aromatic nitrogens is 2. The number of hydrogen-bond acceptors (Lipinski definition) is 6. The molecule has 22 heavy (non-hydrogen) atoms. The molecule has 0 saturated heterocycles. The highest BCUT2D eigenvalue weighted by Crippen LogP contribution is 2.36. The number of aryl methyl sites for hydroxylation is 1. The van der Waals surface area contributed by atoms with Crippen LogP contribution in [0.2, 0.25) is 0 Å². The standard InChI is InChI=1S/C13H16N4O2S3/c1-4-17(5-2)22(18,19)16-13-15-10-7-6-9-11(12(10)21-13)20-8(3)14-9/h6-7H,4-5H2,1-3H3,(H,15,16). The maximum Gasteiger partial charge on any atom is 0.303 e. The zero-order chi connectivity index (χ0) is 15.9. The molecule has 0 unspecified atom stereocenters. The topological polar surface area (TPSA) is 75.2 Å². The molecule has 118 valence electrons. The van der Waals surface area contributed by atoms with E-state index in [4.69, 9.17) is 0 Å². The summed E-state index contributed by atoms with van der Waals surface area (Å²) in [6, 6.07) is 3.80. The zero-order valence-corrected chi connectivity index (χ0v) is 14.9. The van der Waals surface area contributed by atoms with Gasteiger partial charge >= 0.3 is 10.2 Å². The molecule has 0 aliphatic rings.